The molecule has 3 heterocycles. The molecular weight excluding hydrogens is 386 g/mol. The molecule has 0 saturated heterocycles. The van der Waals surface area contributed by atoms with Crippen molar-refractivity contribution in [1.82, 2.24) is 9.66 Å². The molecule has 5 rings (SSSR count). The lowest BCUT2D eigenvalue weighted by Crippen LogP contribution is -2.33. The minimum atomic E-state index is -0.202. The average molecular weight is 405 g/mol. The van der Waals surface area contributed by atoms with Crippen LogP contribution in [0.1, 0.15) is 27.9 Å². The van der Waals surface area contributed by atoms with Gasteiger partial charge in [-0.05, 0) is 46.8 Å². The summed E-state index contributed by atoms with van der Waals surface area (Å²) in [5.74, 6) is 1.99. The molecule has 0 spiro atoms. The number of methoxy groups -OCH3 is 2. The van der Waals surface area contributed by atoms with Gasteiger partial charge in [0.15, 0.2) is 11.5 Å². The zero-order valence-corrected chi connectivity index (χ0v) is 16.8. The van der Waals surface area contributed by atoms with Crippen LogP contribution in [0.25, 0.3) is 10.9 Å². The van der Waals surface area contributed by atoms with Gasteiger partial charge in [0.25, 0.3) is 5.56 Å². The van der Waals surface area contributed by atoms with Gasteiger partial charge >= 0.3 is 0 Å². The number of nitrogens with one attached hydrogen (secondary N) is 1. The second-order valence-electron chi connectivity index (χ2n) is 6.85. The Morgan fingerprint density at radius 1 is 1.10 bits per heavy atom. The van der Waals surface area contributed by atoms with Crippen molar-refractivity contribution in [2.45, 2.75) is 12.5 Å². The van der Waals surface area contributed by atoms with Crippen LogP contribution in [-0.4, -0.2) is 23.9 Å². The van der Waals surface area contributed by atoms with E-state index >= 15 is 0 Å². The first-order valence-electron chi connectivity index (χ1n) is 9.25. The van der Waals surface area contributed by atoms with Crippen LogP contribution in [0, 0.1) is 0 Å². The Morgan fingerprint density at radius 2 is 1.90 bits per heavy atom. The van der Waals surface area contributed by atoms with E-state index in [1.165, 1.54) is 0 Å². The van der Waals surface area contributed by atoms with Gasteiger partial charge in [-0.1, -0.05) is 18.2 Å². The molecule has 146 valence electrons. The van der Waals surface area contributed by atoms with E-state index in [1.54, 1.807) is 30.2 Å². The van der Waals surface area contributed by atoms with Gasteiger partial charge in [0.1, 0.15) is 11.9 Å². The van der Waals surface area contributed by atoms with E-state index in [0.717, 1.165) is 16.0 Å². The first kappa shape index (κ1) is 17.8. The molecule has 1 aliphatic rings. The SMILES string of the molecule is COc1cc2c(cc1OC)C(c1cccs1)Nn1c(nc3ccccc3c1=O)C2. The lowest BCUT2D eigenvalue weighted by molar-refractivity contribution is 0.354. The van der Waals surface area contributed by atoms with Gasteiger partial charge in [0, 0.05) is 11.3 Å². The predicted molar refractivity (Wildman–Crippen MR) is 114 cm³/mol. The Labute approximate surface area is 171 Å². The van der Waals surface area contributed by atoms with E-state index < -0.39 is 0 Å². The lowest BCUT2D eigenvalue weighted by Gasteiger charge is -2.21. The van der Waals surface area contributed by atoms with Gasteiger partial charge in [0.05, 0.1) is 25.1 Å². The Morgan fingerprint density at radius 3 is 2.66 bits per heavy atom. The fourth-order valence-electron chi connectivity index (χ4n) is 3.83. The molecular formula is C22H19N3O3S. The normalized spacial score (nSPS) is 15.2. The molecule has 0 radical (unpaired) electrons. The summed E-state index contributed by atoms with van der Waals surface area (Å²) in [5, 5.41) is 2.62. The number of nitrogens with zero attached hydrogens (tertiary/aromatic N) is 2. The van der Waals surface area contributed by atoms with E-state index in [9.17, 15) is 4.79 Å². The fraction of sp³-hybridized carbons (Fsp3) is 0.182. The van der Waals surface area contributed by atoms with Crippen LogP contribution >= 0.6 is 11.3 Å². The van der Waals surface area contributed by atoms with E-state index in [1.807, 2.05) is 47.8 Å². The van der Waals surface area contributed by atoms with Crippen LogP contribution in [0.3, 0.4) is 0 Å². The topological polar surface area (TPSA) is 65.4 Å². The highest BCUT2D eigenvalue weighted by Crippen LogP contribution is 2.39. The van der Waals surface area contributed by atoms with Crippen LogP contribution in [-0.2, 0) is 6.42 Å². The quantitative estimate of drug-likeness (QED) is 0.563. The summed E-state index contributed by atoms with van der Waals surface area (Å²) in [6.45, 7) is 0. The second-order valence-corrected chi connectivity index (χ2v) is 7.83. The van der Waals surface area contributed by atoms with Crippen LogP contribution in [0.4, 0.5) is 0 Å². The van der Waals surface area contributed by atoms with Gasteiger partial charge in [-0.3, -0.25) is 4.79 Å². The molecule has 6 nitrogen and oxygen atoms in total. The highest BCUT2D eigenvalue weighted by Gasteiger charge is 2.27. The molecule has 1 atom stereocenters. The zero-order valence-electron chi connectivity index (χ0n) is 16.0. The molecule has 4 aromatic rings. The summed E-state index contributed by atoms with van der Waals surface area (Å²) in [5.41, 5.74) is 6.11. The smallest absolute Gasteiger partial charge is 0.279 e. The Hall–Kier alpha value is -3.32. The largest absolute Gasteiger partial charge is 0.493 e. The molecule has 29 heavy (non-hydrogen) atoms. The van der Waals surface area contributed by atoms with Crippen LogP contribution in [0.15, 0.2) is 58.7 Å². The third-order valence-corrected chi connectivity index (χ3v) is 6.17. The van der Waals surface area contributed by atoms with Crippen molar-refractivity contribution in [1.29, 1.82) is 0 Å². The summed E-state index contributed by atoms with van der Waals surface area (Å²) in [4.78, 5) is 19.1. The third-order valence-electron chi connectivity index (χ3n) is 5.24. The minimum Gasteiger partial charge on any atom is -0.493 e. The average Bonchev–Trinajstić information content (AvgIpc) is 3.23. The van der Waals surface area contributed by atoms with Crippen molar-refractivity contribution >= 4 is 22.2 Å². The summed E-state index contributed by atoms with van der Waals surface area (Å²) in [6, 6.07) is 15.3. The molecule has 0 bridgehead atoms. The lowest BCUT2D eigenvalue weighted by atomic mass is 9.96. The van der Waals surface area contributed by atoms with Crippen molar-refractivity contribution in [2.75, 3.05) is 19.6 Å². The van der Waals surface area contributed by atoms with Gasteiger partial charge in [-0.15, -0.1) is 11.3 Å². The second kappa shape index (κ2) is 6.93. The van der Waals surface area contributed by atoms with Gasteiger partial charge < -0.3 is 14.9 Å². The number of para-hydroxylation sites is 1. The van der Waals surface area contributed by atoms with Crippen molar-refractivity contribution in [3.63, 3.8) is 0 Å². The van der Waals surface area contributed by atoms with E-state index in [-0.39, 0.29) is 11.6 Å². The fourth-order valence-corrected chi connectivity index (χ4v) is 4.62. The monoisotopic (exact) mass is 405 g/mol. The van der Waals surface area contributed by atoms with Crippen LogP contribution in [0.5, 0.6) is 11.5 Å². The minimum absolute atomic E-state index is 0.0982. The maximum Gasteiger partial charge on any atom is 0.279 e. The van der Waals surface area contributed by atoms with Crippen molar-refractivity contribution < 1.29 is 9.47 Å². The summed E-state index contributed by atoms with van der Waals surface area (Å²) in [6.07, 6.45) is 0.505. The highest BCUT2D eigenvalue weighted by molar-refractivity contribution is 7.10. The number of ether oxygens (including phenoxy) is 2. The van der Waals surface area contributed by atoms with Crippen molar-refractivity contribution in [3.05, 3.63) is 86.1 Å². The molecule has 0 aliphatic carbocycles. The number of thiophene rings is 1. The predicted octanol–water partition coefficient (Wildman–Crippen LogP) is 3.71. The standard InChI is InChI=1S/C22H19N3O3S/c1-27-17-10-13-11-20-23-16-7-4-3-6-14(16)22(26)25(20)24-21(19-8-5-9-29-19)15(13)12-18(17)28-2/h3-10,12,21,24H,11H2,1-2H3. The first-order valence-corrected chi connectivity index (χ1v) is 10.1. The molecule has 2 aromatic heterocycles. The number of aromatic nitrogens is 2. The molecule has 1 unspecified atom stereocenters. The molecule has 0 fully saturated rings. The molecule has 1 N–H and O–H groups in total. The van der Waals surface area contributed by atoms with Gasteiger partial charge in [-0.25, -0.2) is 9.66 Å². The Kier molecular flexibility index (Phi) is 4.24. The molecule has 0 saturated carbocycles. The van der Waals surface area contributed by atoms with E-state index in [4.69, 9.17) is 14.5 Å². The molecule has 1 aliphatic heterocycles. The van der Waals surface area contributed by atoms with Crippen LogP contribution in [0.2, 0.25) is 0 Å². The Balaban J connectivity index is 1.79. The molecule has 0 amide bonds. The molecule has 2 aromatic carbocycles. The Bertz CT molecular complexity index is 1260. The zero-order chi connectivity index (χ0) is 20.0. The highest BCUT2D eigenvalue weighted by atomic mass is 32.1. The van der Waals surface area contributed by atoms with E-state index in [0.29, 0.717) is 34.6 Å². The molecule has 7 heteroatoms. The van der Waals surface area contributed by atoms with Crippen LogP contribution < -0.4 is 20.5 Å². The number of fused-ring (bicyclic) bond motifs is 3. The summed E-state index contributed by atoms with van der Waals surface area (Å²) < 4.78 is 12.6. The number of hydrogen-bond donors (Lipinski definition) is 1. The van der Waals surface area contributed by atoms with E-state index in [2.05, 4.69) is 11.5 Å². The summed E-state index contributed by atoms with van der Waals surface area (Å²) in [7, 11) is 3.25. The number of hydrogen-bond acceptors (Lipinski definition) is 6. The van der Waals surface area contributed by atoms with Crippen molar-refractivity contribution in [2.24, 2.45) is 0 Å². The number of benzene rings is 2. The first-order chi connectivity index (χ1) is 14.2. The number of rotatable bonds is 3. The maximum absolute atomic E-state index is 13.3. The van der Waals surface area contributed by atoms with Gasteiger partial charge in [-0.2, -0.15) is 0 Å². The van der Waals surface area contributed by atoms with Gasteiger partial charge in [0.2, 0.25) is 0 Å². The third kappa shape index (κ3) is 2.86. The maximum atomic E-state index is 13.3. The summed E-state index contributed by atoms with van der Waals surface area (Å²) >= 11 is 1.64. The van der Waals surface area contributed by atoms with Crippen molar-refractivity contribution in [3.8, 4) is 11.5 Å².